The number of rotatable bonds is 4. The normalized spacial score (nSPS) is 16.6. The molecule has 6 nitrogen and oxygen atoms in total. The lowest BCUT2D eigenvalue weighted by atomic mass is 10.2. The van der Waals surface area contributed by atoms with E-state index < -0.39 is 5.97 Å². The van der Waals surface area contributed by atoms with Gasteiger partial charge in [0, 0.05) is 28.8 Å². The van der Waals surface area contributed by atoms with Gasteiger partial charge in [0.2, 0.25) is 5.89 Å². The molecule has 29 heavy (non-hydrogen) atoms. The van der Waals surface area contributed by atoms with Crippen molar-refractivity contribution in [3.8, 4) is 0 Å². The Hall–Kier alpha value is -3.06. The molecule has 1 amide bonds. The fourth-order valence-corrected chi connectivity index (χ4v) is 4.22. The summed E-state index contributed by atoms with van der Waals surface area (Å²) in [5.41, 5.74) is 2.22. The van der Waals surface area contributed by atoms with Crippen molar-refractivity contribution in [1.29, 1.82) is 0 Å². The van der Waals surface area contributed by atoms with Crippen LogP contribution in [0.1, 0.15) is 19.2 Å². The number of amides is 1. The van der Waals surface area contributed by atoms with Crippen molar-refractivity contribution in [2.45, 2.75) is 23.5 Å². The number of oxazole rings is 1. The molecule has 0 saturated carbocycles. The van der Waals surface area contributed by atoms with Gasteiger partial charge in [-0.3, -0.25) is 4.79 Å². The van der Waals surface area contributed by atoms with Crippen LogP contribution in [-0.4, -0.2) is 35.3 Å². The number of anilines is 1. The van der Waals surface area contributed by atoms with Crippen LogP contribution < -0.4 is 4.90 Å². The number of nitrogens with zero attached hydrogens (tertiary/aromatic N) is 2. The summed E-state index contributed by atoms with van der Waals surface area (Å²) in [5.74, 6) is -0.552. The average molecular weight is 408 g/mol. The summed E-state index contributed by atoms with van der Waals surface area (Å²) in [5, 5.41) is 0.413. The predicted octanol–water partition coefficient (Wildman–Crippen LogP) is 4.30. The molecular formula is C22H20N2O4S. The van der Waals surface area contributed by atoms with Crippen LogP contribution in [0.4, 0.5) is 5.69 Å². The van der Waals surface area contributed by atoms with Crippen molar-refractivity contribution < 1.29 is 18.7 Å². The quantitative estimate of drug-likeness (QED) is 0.473. The van der Waals surface area contributed by atoms with Crippen LogP contribution in [0.15, 0.2) is 63.9 Å². The molecule has 1 unspecified atom stereocenters. The van der Waals surface area contributed by atoms with Gasteiger partial charge in [0.1, 0.15) is 5.52 Å². The number of benzene rings is 2. The topological polar surface area (TPSA) is 72.6 Å². The highest BCUT2D eigenvalue weighted by Gasteiger charge is 2.24. The third-order valence-corrected chi connectivity index (χ3v) is 5.79. The maximum Gasteiger partial charge on any atom is 0.331 e. The lowest BCUT2D eigenvalue weighted by molar-refractivity contribution is -0.142. The summed E-state index contributed by atoms with van der Waals surface area (Å²) in [6.07, 6.45) is 3.52. The number of hydrogen-bond acceptors (Lipinski definition) is 6. The molecule has 1 aliphatic rings. The summed E-state index contributed by atoms with van der Waals surface area (Å²) in [6.45, 7) is 2.43. The van der Waals surface area contributed by atoms with E-state index in [4.69, 9.17) is 9.15 Å². The lowest BCUT2D eigenvalue weighted by Crippen LogP contribution is -2.35. The van der Waals surface area contributed by atoms with E-state index in [1.165, 1.54) is 12.2 Å². The van der Waals surface area contributed by atoms with Gasteiger partial charge in [-0.05, 0) is 30.7 Å². The van der Waals surface area contributed by atoms with Crippen LogP contribution in [0.5, 0.6) is 0 Å². The van der Waals surface area contributed by atoms with Crippen LogP contribution in [0, 0.1) is 0 Å². The van der Waals surface area contributed by atoms with Gasteiger partial charge in [0.15, 0.2) is 12.2 Å². The minimum absolute atomic E-state index is 0.240. The van der Waals surface area contributed by atoms with E-state index in [0.29, 0.717) is 28.8 Å². The monoisotopic (exact) mass is 408 g/mol. The van der Waals surface area contributed by atoms with Gasteiger partial charge in [-0.2, -0.15) is 0 Å². The molecule has 7 heteroatoms. The van der Waals surface area contributed by atoms with Gasteiger partial charge in [-0.25, -0.2) is 9.78 Å². The number of esters is 1. The van der Waals surface area contributed by atoms with Crippen LogP contribution in [0.2, 0.25) is 0 Å². The molecule has 2 aromatic carbocycles. The fourth-order valence-electron chi connectivity index (χ4n) is 3.11. The van der Waals surface area contributed by atoms with Gasteiger partial charge in [-0.15, -0.1) is 11.8 Å². The Balaban J connectivity index is 1.38. The fraction of sp³-hybridized carbons (Fsp3) is 0.227. The minimum atomic E-state index is -0.619. The highest BCUT2D eigenvalue weighted by atomic mass is 32.2. The maximum absolute atomic E-state index is 12.7. The van der Waals surface area contributed by atoms with Crippen LogP contribution in [0.3, 0.4) is 0 Å². The largest absolute Gasteiger partial charge is 0.452 e. The second kappa shape index (κ2) is 8.53. The first-order valence-electron chi connectivity index (χ1n) is 9.36. The molecule has 0 fully saturated rings. The zero-order chi connectivity index (χ0) is 20.2. The van der Waals surface area contributed by atoms with Crippen molar-refractivity contribution in [2.75, 3.05) is 18.1 Å². The second-order valence-electron chi connectivity index (χ2n) is 6.69. The Morgan fingerprint density at radius 1 is 1.24 bits per heavy atom. The highest BCUT2D eigenvalue weighted by molar-refractivity contribution is 8.00. The first kappa shape index (κ1) is 19.3. The summed E-state index contributed by atoms with van der Waals surface area (Å²) in [4.78, 5) is 31.8. The van der Waals surface area contributed by atoms with Crippen molar-refractivity contribution in [3.63, 3.8) is 0 Å². The Kier molecular flexibility index (Phi) is 5.67. The molecule has 1 aromatic heterocycles. The first-order chi connectivity index (χ1) is 14.1. The van der Waals surface area contributed by atoms with E-state index in [2.05, 4.69) is 11.9 Å². The molecule has 2 heterocycles. The van der Waals surface area contributed by atoms with Gasteiger partial charge < -0.3 is 14.1 Å². The van der Waals surface area contributed by atoms with Gasteiger partial charge in [-0.1, -0.05) is 31.2 Å². The second-order valence-corrected chi connectivity index (χ2v) is 8.17. The van der Waals surface area contributed by atoms with Crippen LogP contribution >= 0.6 is 11.8 Å². The summed E-state index contributed by atoms with van der Waals surface area (Å²) in [6, 6.07) is 15.1. The molecule has 0 N–H and O–H groups in total. The number of ether oxygens (including phenoxy) is 1. The van der Waals surface area contributed by atoms with E-state index in [-0.39, 0.29) is 12.5 Å². The number of para-hydroxylation sites is 3. The van der Waals surface area contributed by atoms with E-state index in [9.17, 15) is 9.59 Å². The smallest absolute Gasteiger partial charge is 0.331 e. The summed E-state index contributed by atoms with van der Waals surface area (Å²) in [7, 11) is 0. The van der Waals surface area contributed by atoms with Crippen molar-refractivity contribution in [2.24, 2.45) is 0 Å². The minimum Gasteiger partial charge on any atom is -0.452 e. The molecule has 0 spiro atoms. The molecule has 4 rings (SSSR count). The van der Waals surface area contributed by atoms with Gasteiger partial charge in [0.05, 0.1) is 5.69 Å². The number of thioether (sulfide) groups is 1. The average Bonchev–Trinajstić information content (AvgIpc) is 3.06. The highest BCUT2D eigenvalue weighted by Crippen LogP contribution is 2.37. The predicted molar refractivity (Wildman–Crippen MR) is 113 cm³/mol. The van der Waals surface area contributed by atoms with Crippen molar-refractivity contribution in [1.82, 2.24) is 4.98 Å². The number of hydrogen-bond donors (Lipinski definition) is 0. The van der Waals surface area contributed by atoms with Crippen molar-refractivity contribution >= 4 is 46.5 Å². The number of fused-ring (bicyclic) bond motifs is 2. The van der Waals surface area contributed by atoms with Gasteiger partial charge >= 0.3 is 5.97 Å². The number of carbonyl (C=O) groups excluding carboxylic acids is 2. The standard InChI is InChI=1S/C22H20N2O4S/c1-15-12-13-24(17-7-3-5-9-19(17)29-15)21(25)14-27-22(26)11-10-20-23-16-6-2-4-8-18(16)28-20/h2-11,15H,12-14H2,1H3/b11-10+. The Morgan fingerprint density at radius 2 is 2.03 bits per heavy atom. The SMILES string of the molecule is CC1CCN(C(=O)COC(=O)/C=C/c2nc3ccccc3o2)c2ccccc2S1. The molecule has 0 radical (unpaired) electrons. The van der Waals surface area contributed by atoms with Crippen LogP contribution in [-0.2, 0) is 14.3 Å². The number of aromatic nitrogens is 1. The third kappa shape index (κ3) is 4.51. The third-order valence-electron chi connectivity index (χ3n) is 4.55. The summed E-state index contributed by atoms with van der Waals surface area (Å²) >= 11 is 1.76. The maximum atomic E-state index is 12.7. The molecule has 3 aromatic rings. The first-order valence-corrected chi connectivity index (χ1v) is 10.2. The van der Waals surface area contributed by atoms with Crippen molar-refractivity contribution in [3.05, 3.63) is 60.5 Å². The number of carbonyl (C=O) groups is 2. The van der Waals surface area contributed by atoms with E-state index in [0.717, 1.165) is 17.0 Å². The molecule has 1 aliphatic heterocycles. The van der Waals surface area contributed by atoms with E-state index >= 15 is 0 Å². The Labute approximate surface area is 172 Å². The molecule has 148 valence electrons. The molecule has 0 aliphatic carbocycles. The Bertz CT molecular complexity index is 1040. The van der Waals surface area contributed by atoms with E-state index in [1.54, 1.807) is 22.7 Å². The molecule has 1 atom stereocenters. The molecular weight excluding hydrogens is 388 g/mol. The Morgan fingerprint density at radius 3 is 2.90 bits per heavy atom. The zero-order valence-electron chi connectivity index (χ0n) is 15.9. The zero-order valence-corrected chi connectivity index (χ0v) is 16.7. The summed E-state index contributed by atoms with van der Waals surface area (Å²) < 4.78 is 10.7. The molecule has 0 bridgehead atoms. The lowest BCUT2D eigenvalue weighted by Gasteiger charge is -2.22. The van der Waals surface area contributed by atoms with Crippen LogP contribution in [0.25, 0.3) is 17.2 Å². The van der Waals surface area contributed by atoms with Gasteiger partial charge in [0.25, 0.3) is 5.91 Å². The molecule has 0 saturated heterocycles. The van der Waals surface area contributed by atoms with E-state index in [1.807, 2.05) is 42.5 Å².